The van der Waals surface area contributed by atoms with Crippen LogP contribution in [0.4, 0.5) is 0 Å². The van der Waals surface area contributed by atoms with Gasteiger partial charge in [0, 0.05) is 0 Å². The predicted octanol–water partition coefficient (Wildman–Crippen LogP) is 3.66. The Bertz CT molecular complexity index is 797. The van der Waals surface area contributed by atoms with Crippen LogP contribution < -0.4 is 0 Å². The summed E-state index contributed by atoms with van der Waals surface area (Å²) in [6.45, 7) is 0.904. The highest BCUT2D eigenvalue weighted by Crippen LogP contribution is 2.41. The third-order valence-corrected chi connectivity index (χ3v) is 6.55. The third kappa shape index (κ3) is 3.33. The van der Waals surface area contributed by atoms with E-state index in [2.05, 4.69) is 4.90 Å². The average Bonchev–Trinajstić information content (AvgIpc) is 2.60. The molecule has 0 radical (unpaired) electrons. The fourth-order valence-corrected chi connectivity index (χ4v) is 5.38. The molecule has 0 saturated heterocycles. The van der Waals surface area contributed by atoms with Crippen LogP contribution in [0.3, 0.4) is 0 Å². The molecular formula is C19H23NO2S. The molecule has 0 saturated carbocycles. The smallest absolute Gasteiger partial charge is 0.161 e. The maximum atomic E-state index is 13.0. The average molecular weight is 329 g/mol. The number of benzene rings is 2. The monoisotopic (exact) mass is 329 g/mol. The normalized spacial score (nSPS) is 19.0. The summed E-state index contributed by atoms with van der Waals surface area (Å²) < 4.78 is 26.0. The Balaban J connectivity index is 2.07. The van der Waals surface area contributed by atoms with Crippen molar-refractivity contribution in [2.75, 3.05) is 20.6 Å². The van der Waals surface area contributed by atoms with Gasteiger partial charge in [-0.3, -0.25) is 0 Å². The SMILES string of the molecule is CN(C)CCC[C@@H]1c2ccccc2-c2ccccc2CS1(=O)=O. The molecule has 0 N–H and O–H groups in total. The molecular weight excluding hydrogens is 306 g/mol. The molecule has 3 rings (SSSR count). The van der Waals surface area contributed by atoms with Crippen LogP contribution in [0.5, 0.6) is 0 Å². The van der Waals surface area contributed by atoms with Crippen molar-refractivity contribution in [3.8, 4) is 11.1 Å². The molecule has 2 aromatic rings. The van der Waals surface area contributed by atoms with E-state index in [-0.39, 0.29) is 5.75 Å². The molecule has 0 amide bonds. The zero-order chi connectivity index (χ0) is 16.4. The summed E-state index contributed by atoms with van der Waals surface area (Å²) >= 11 is 0. The van der Waals surface area contributed by atoms with E-state index in [1.807, 2.05) is 62.6 Å². The van der Waals surface area contributed by atoms with E-state index in [4.69, 9.17) is 0 Å². The minimum absolute atomic E-state index is 0.129. The van der Waals surface area contributed by atoms with Crippen LogP contribution in [-0.2, 0) is 15.6 Å². The van der Waals surface area contributed by atoms with Crippen molar-refractivity contribution >= 4 is 9.84 Å². The van der Waals surface area contributed by atoms with E-state index in [1.165, 1.54) is 0 Å². The quantitative estimate of drug-likeness (QED) is 0.859. The molecule has 23 heavy (non-hydrogen) atoms. The number of fused-ring (bicyclic) bond motifs is 3. The maximum absolute atomic E-state index is 13.0. The Morgan fingerprint density at radius 1 is 1.00 bits per heavy atom. The van der Waals surface area contributed by atoms with Crippen molar-refractivity contribution in [2.45, 2.75) is 23.8 Å². The van der Waals surface area contributed by atoms with Crippen molar-refractivity contribution in [2.24, 2.45) is 0 Å². The minimum atomic E-state index is -3.20. The number of nitrogens with zero attached hydrogens (tertiary/aromatic N) is 1. The number of hydrogen-bond donors (Lipinski definition) is 0. The lowest BCUT2D eigenvalue weighted by molar-refractivity contribution is 0.392. The van der Waals surface area contributed by atoms with E-state index in [0.29, 0.717) is 6.42 Å². The van der Waals surface area contributed by atoms with Crippen molar-refractivity contribution in [3.63, 3.8) is 0 Å². The van der Waals surface area contributed by atoms with Gasteiger partial charge in [0.15, 0.2) is 9.84 Å². The predicted molar refractivity (Wildman–Crippen MR) is 95.0 cm³/mol. The Kier molecular flexibility index (Phi) is 4.55. The molecule has 0 aliphatic carbocycles. The van der Waals surface area contributed by atoms with Gasteiger partial charge in [0.05, 0.1) is 11.0 Å². The first-order valence-corrected chi connectivity index (χ1v) is 9.74. The lowest BCUT2D eigenvalue weighted by atomic mass is 9.93. The van der Waals surface area contributed by atoms with Gasteiger partial charge in [0.2, 0.25) is 0 Å². The number of hydrogen-bond acceptors (Lipinski definition) is 3. The summed E-state index contributed by atoms with van der Waals surface area (Å²) in [6.07, 6.45) is 1.55. The van der Waals surface area contributed by atoms with Gasteiger partial charge in [0.25, 0.3) is 0 Å². The summed E-state index contributed by atoms with van der Waals surface area (Å²) in [6, 6.07) is 15.8. The molecule has 0 bridgehead atoms. The highest BCUT2D eigenvalue weighted by molar-refractivity contribution is 7.90. The molecule has 0 fully saturated rings. The lowest BCUT2D eigenvalue weighted by Gasteiger charge is -2.19. The molecule has 4 heteroatoms. The van der Waals surface area contributed by atoms with E-state index in [1.54, 1.807) is 0 Å². The second-order valence-corrected chi connectivity index (χ2v) is 8.67. The van der Waals surface area contributed by atoms with Gasteiger partial charge in [-0.05, 0) is 55.7 Å². The molecule has 122 valence electrons. The minimum Gasteiger partial charge on any atom is -0.309 e. The summed E-state index contributed by atoms with van der Waals surface area (Å²) in [7, 11) is 0.835. The van der Waals surface area contributed by atoms with Gasteiger partial charge in [-0.1, -0.05) is 48.5 Å². The zero-order valence-corrected chi connectivity index (χ0v) is 14.5. The summed E-state index contributed by atoms with van der Waals surface area (Å²) in [5.41, 5.74) is 3.99. The highest BCUT2D eigenvalue weighted by atomic mass is 32.2. The number of rotatable bonds is 4. The molecule has 1 aliphatic heterocycles. The molecule has 0 spiro atoms. The Hall–Kier alpha value is -1.65. The van der Waals surface area contributed by atoms with Gasteiger partial charge in [-0.25, -0.2) is 8.42 Å². The second-order valence-electron chi connectivity index (χ2n) is 6.49. The van der Waals surface area contributed by atoms with Crippen molar-refractivity contribution < 1.29 is 8.42 Å². The maximum Gasteiger partial charge on any atom is 0.161 e. The molecule has 1 heterocycles. The fraction of sp³-hybridized carbons (Fsp3) is 0.368. The van der Waals surface area contributed by atoms with Gasteiger partial charge in [-0.2, -0.15) is 0 Å². The van der Waals surface area contributed by atoms with Crippen LogP contribution in [0.1, 0.15) is 29.2 Å². The van der Waals surface area contributed by atoms with Crippen molar-refractivity contribution in [1.29, 1.82) is 0 Å². The summed E-state index contributed by atoms with van der Waals surface area (Å²) in [5, 5.41) is -0.411. The molecule has 3 nitrogen and oxygen atoms in total. The van der Waals surface area contributed by atoms with E-state index < -0.39 is 15.1 Å². The Morgan fingerprint density at radius 2 is 1.65 bits per heavy atom. The van der Waals surface area contributed by atoms with Gasteiger partial charge in [0.1, 0.15) is 0 Å². The van der Waals surface area contributed by atoms with Crippen LogP contribution in [0.2, 0.25) is 0 Å². The number of sulfone groups is 1. The molecule has 1 aliphatic rings. The Morgan fingerprint density at radius 3 is 2.39 bits per heavy atom. The molecule has 2 aromatic carbocycles. The standard InChI is InChI=1S/C19H23NO2S/c1-20(2)13-7-12-19-18-11-6-5-10-17(18)16-9-4-3-8-15(16)14-23(19,21)22/h3-6,8-11,19H,7,12-14H2,1-2H3/t19-/m1/s1. The summed E-state index contributed by atoms with van der Waals surface area (Å²) in [4.78, 5) is 2.10. The van der Waals surface area contributed by atoms with Gasteiger partial charge >= 0.3 is 0 Å². The van der Waals surface area contributed by atoms with Crippen LogP contribution in [0.15, 0.2) is 48.5 Å². The first-order valence-electron chi connectivity index (χ1n) is 8.02. The van der Waals surface area contributed by atoms with Crippen molar-refractivity contribution in [1.82, 2.24) is 4.90 Å². The molecule has 1 atom stereocenters. The van der Waals surface area contributed by atoms with Gasteiger partial charge < -0.3 is 4.90 Å². The second kappa shape index (κ2) is 6.46. The summed E-state index contributed by atoms with van der Waals surface area (Å²) in [5.74, 6) is 0.129. The van der Waals surface area contributed by atoms with E-state index in [9.17, 15) is 8.42 Å². The van der Waals surface area contributed by atoms with Crippen LogP contribution in [0.25, 0.3) is 11.1 Å². The van der Waals surface area contributed by atoms with E-state index in [0.717, 1.165) is 35.2 Å². The van der Waals surface area contributed by atoms with Crippen LogP contribution >= 0.6 is 0 Å². The zero-order valence-electron chi connectivity index (χ0n) is 13.7. The molecule has 0 unspecified atom stereocenters. The first-order chi connectivity index (χ1) is 11.0. The first kappa shape index (κ1) is 16.2. The largest absolute Gasteiger partial charge is 0.309 e. The lowest BCUT2D eigenvalue weighted by Crippen LogP contribution is -2.18. The fourth-order valence-electron chi connectivity index (χ4n) is 3.37. The molecule has 0 aromatic heterocycles. The van der Waals surface area contributed by atoms with Crippen molar-refractivity contribution in [3.05, 3.63) is 59.7 Å². The van der Waals surface area contributed by atoms with Gasteiger partial charge in [-0.15, -0.1) is 0 Å². The highest BCUT2D eigenvalue weighted by Gasteiger charge is 2.33. The third-order valence-electron chi connectivity index (χ3n) is 4.48. The van der Waals surface area contributed by atoms with E-state index >= 15 is 0 Å². The Labute approximate surface area is 138 Å². The van der Waals surface area contributed by atoms with Crippen LogP contribution in [-0.4, -0.2) is 34.0 Å². The van der Waals surface area contributed by atoms with Crippen LogP contribution in [0, 0.1) is 0 Å². The topological polar surface area (TPSA) is 37.4 Å².